The third-order valence-corrected chi connectivity index (χ3v) is 3.15. The molecule has 0 saturated heterocycles. The van der Waals surface area contributed by atoms with E-state index < -0.39 is 0 Å². The Morgan fingerprint density at radius 1 is 1.37 bits per heavy atom. The van der Waals surface area contributed by atoms with E-state index in [1.165, 1.54) is 0 Å². The lowest BCUT2D eigenvalue weighted by Crippen LogP contribution is -2.36. The van der Waals surface area contributed by atoms with Crippen LogP contribution in [-0.4, -0.2) is 44.5 Å². The second-order valence-electron chi connectivity index (χ2n) is 4.39. The van der Waals surface area contributed by atoms with E-state index in [9.17, 15) is 0 Å². The molecule has 1 rings (SSSR count). The summed E-state index contributed by atoms with van der Waals surface area (Å²) in [6, 6.07) is 4.36. The predicted octanol–water partition coefficient (Wildman–Crippen LogP) is 2.42. The Morgan fingerprint density at radius 2 is 2.21 bits per heavy atom. The minimum Gasteiger partial charge on any atom is -0.382 e. The SMILES string of the molecule is CCCNC(COCCOC)Cc1ccc(Br)cn1. The molecule has 0 fully saturated rings. The molecule has 108 valence electrons. The molecule has 1 atom stereocenters. The normalized spacial score (nSPS) is 12.6. The number of hydrogen-bond acceptors (Lipinski definition) is 4. The molecule has 0 radical (unpaired) electrons. The van der Waals surface area contributed by atoms with Crippen molar-refractivity contribution in [2.75, 3.05) is 33.5 Å². The lowest BCUT2D eigenvalue weighted by Gasteiger charge is -2.18. The second-order valence-corrected chi connectivity index (χ2v) is 5.31. The van der Waals surface area contributed by atoms with Gasteiger partial charge in [0.15, 0.2) is 0 Å². The highest BCUT2D eigenvalue weighted by Gasteiger charge is 2.10. The minimum absolute atomic E-state index is 0.297. The Balaban J connectivity index is 2.41. The standard InChI is InChI=1S/C14H23BrN2O2/c1-3-6-16-14(11-19-8-7-18-2)9-13-5-4-12(15)10-17-13/h4-5,10,14,16H,3,6-9,11H2,1-2H3. The van der Waals surface area contributed by atoms with Crippen molar-refractivity contribution in [2.24, 2.45) is 0 Å². The van der Waals surface area contributed by atoms with Crippen molar-refractivity contribution in [1.29, 1.82) is 0 Å². The lowest BCUT2D eigenvalue weighted by molar-refractivity contribution is 0.0586. The topological polar surface area (TPSA) is 43.4 Å². The summed E-state index contributed by atoms with van der Waals surface area (Å²) >= 11 is 3.40. The van der Waals surface area contributed by atoms with Gasteiger partial charge in [0.2, 0.25) is 0 Å². The monoisotopic (exact) mass is 330 g/mol. The van der Waals surface area contributed by atoms with Crippen molar-refractivity contribution < 1.29 is 9.47 Å². The number of ether oxygens (including phenoxy) is 2. The van der Waals surface area contributed by atoms with Crippen molar-refractivity contribution in [3.63, 3.8) is 0 Å². The third-order valence-electron chi connectivity index (χ3n) is 2.68. The van der Waals surface area contributed by atoms with Crippen LogP contribution in [0.25, 0.3) is 0 Å². The number of nitrogens with one attached hydrogen (secondary N) is 1. The first-order valence-corrected chi connectivity index (χ1v) is 7.46. The van der Waals surface area contributed by atoms with Crippen LogP contribution in [0.4, 0.5) is 0 Å². The summed E-state index contributed by atoms with van der Waals surface area (Å²) < 4.78 is 11.6. The molecule has 1 aromatic rings. The van der Waals surface area contributed by atoms with Gasteiger partial charge in [0.05, 0.1) is 19.8 Å². The maximum Gasteiger partial charge on any atom is 0.0701 e. The predicted molar refractivity (Wildman–Crippen MR) is 80.4 cm³/mol. The zero-order valence-corrected chi connectivity index (χ0v) is 13.3. The van der Waals surface area contributed by atoms with E-state index in [4.69, 9.17) is 9.47 Å². The van der Waals surface area contributed by atoms with E-state index in [0.717, 1.165) is 29.6 Å². The third kappa shape index (κ3) is 7.62. The van der Waals surface area contributed by atoms with Gasteiger partial charge >= 0.3 is 0 Å². The van der Waals surface area contributed by atoms with E-state index in [-0.39, 0.29) is 0 Å². The van der Waals surface area contributed by atoms with Gasteiger partial charge in [0, 0.05) is 35.9 Å². The first-order valence-electron chi connectivity index (χ1n) is 6.66. The number of methoxy groups -OCH3 is 1. The Labute approximate surface area is 124 Å². The zero-order chi connectivity index (χ0) is 13.9. The van der Waals surface area contributed by atoms with Gasteiger partial charge in [-0.1, -0.05) is 6.92 Å². The van der Waals surface area contributed by atoms with Gasteiger partial charge in [-0.05, 0) is 41.0 Å². The summed E-state index contributed by atoms with van der Waals surface area (Å²) in [5, 5.41) is 3.49. The smallest absolute Gasteiger partial charge is 0.0701 e. The van der Waals surface area contributed by atoms with Gasteiger partial charge in [0.1, 0.15) is 0 Å². The number of hydrogen-bond donors (Lipinski definition) is 1. The van der Waals surface area contributed by atoms with Crippen LogP contribution in [0, 0.1) is 0 Å². The Bertz CT molecular complexity index is 333. The maximum atomic E-state index is 5.60. The van der Waals surface area contributed by atoms with Crippen LogP contribution in [0.5, 0.6) is 0 Å². The number of aromatic nitrogens is 1. The first-order chi connectivity index (χ1) is 9.26. The summed E-state index contributed by atoms with van der Waals surface area (Å²) in [4.78, 5) is 4.40. The van der Waals surface area contributed by atoms with E-state index in [1.807, 2.05) is 18.3 Å². The van der Waals surface area contributed by atoms with Crippen LogP contribution in [-0.2, 0) is 15.9 Å². The van der Waals surface area contributed by atoms with E-state index in [2.05, 4.69) is 33.2 Å². The van der Waals surface area contributed by atoms with Crippen molar-refractivity contribution >= 4 is 15.9 Å². The summed E-state index contributed by atoms with van der Waals surface area (Å²) in [6.07, 6.45) is 3.82. The highest BCUT2D eigenvalue weighted by Crippen LogP contribution is 2.09. The van der Waals surface area contributed by atoms with Crippen LogP contribution in [0.2, 0.25) is 0 Å². The van der Waals surface area contributed by atoms with Crippen LogP contribution in [0.3, 0.4) is 0 Å². The summed E-state index contributed by atoms with van der Waals surface area (Å²) in [5.74, 6) is 0. The zero-order valence-electron chi connectivity index (χ0n) is 11.7. The summed E-state index contributed by atoms with van der Waals surface area (Å²) in [5.41, 5.74) is 1.08. The van der Waals surface area contributed by atoms with E-state index >= 15 is 0 Å². The number of halogens is 1. The molecule has 1 unspecified atom stereocenters. The summed E-state index contributed by atoms with van der Waals surface area (Å²) in [6.45, 7) is 5.11. The van der Waals surface area contributed by atoms with Crippen molar-refractivity contribution in [3.8, 4) is 0 Å². The number of rotatable bonds is 10. The average molecular weight is 331 g/mol. The number of nitrogens with zero attached hydrogens (tertiary/aromatic N) is 1. The molecule has 0 aliphatic carbocycles. The molecule has 0 amide bonds. The summed E-state index contributed by atoms with van der Waals surface area (Å²) in [7, 11) is 1.68. The van der Waals surface area contributed by atoms with Gasteiger partial charge in [-0.2, -0.15) is 0 Å². The largest absolute Gasteiger partial charge is 0.382 e. The van der Waals surface area contributed by atoms with Gasteiger partial charge < -0.3 is 14.8 Å². The Hall–Kier alpha value is -0.490. The quantitative estimate of drug-likeness (QED) is 0.669. The minimum atomic E-state index is 0.297. The van der Waals surface area contributed by atoms with Crippen LogP contribution in [0.15, 0.2) is 22.8 Å². The van der Waals surface area contributed by atoms with Crippen molar-refractivity contribution in [3.05, 3.63) is 28.5 Å². The molecule has 4 nitrogen and oxygen atoms in total. The number of pyridine rings is 1. The molecule has 0 spiro atoms. The fourth-order valence-corrected chi connectivity index (χ4v) is 1.92. The van der Waals surface area contributed by atoms with Crippen LogP contribution in [0.1, 0.15) is 19.0 Å². The second kappa shape index (κ2) is 10.3. The molecular formula is C14H23BrN2O2. The lowest BCUT2D eigenvalue weighted by atomic mass is 10.1. The fraction of sp³-hybridized carbons (Fsp3) is 0.643. The van der Waals surface area contributed by atoms with Crippen molar-refractivity contribution in [2.45, 2.75) is 25.8 Å². The Kier molecular flexibility index (Phi) is 8.99. The molecule has 1 N–H and O–H groups in total. The molecule has 0 bridgehead atoms. The maximum absolute atomic E-state index is 5.60. The van der Waals surface area contributed by atoms with Crippen molar-refractivity contribution in [1.82, 2.24) is 10.3 Å². The van der Waals surface area contributed by atoms with Crippen LogP contribution < -0.4 is 5.32 Å². The van der Waals surface area contributed by atoms with Gasteiger partial charge in [-0.3, -0.25) is 4.98 Å². The molecule has 0 aliphatic rings. The molecule has 1 heterocycles. The molecule has 0 saturated carbocycles. The average Bonchev–Trinajstić information content (AvgIpc) is 2.43. The highest BCUT2D eigenvalue weighted by molar-refractivity contribution is 9.10. The molecule has 1 aromatic heterocycles. The molecule has 0 aromatic carbocycles. The molecular weight excluding hydrogens is 308 g/mol. The molecule has 5 heteroatoms. The van der Waals surface area contributed by atoms with Crippen LogP contribution >= 0.6 is 15.9 Å². The van der Waals surface area contributed by atoms with E-state index in [0.29, 0.717) is 25.9 Å². The Morgan fingerprint density at radius 3 is 2.84 bits per heavy atom. The first kappa shape index (κ1) is 16.6. The molecule has 19 heavy (non-hydrogen) atoms. The highest BCUT2D eigenvalue weighted by atomic mass is 79.9. The van der Waals surface area contributed by atoms with E-state index in [1.54, 1.807) is 7.11 Å². The van der Waals surface area contributed by atoms with Gasteiger partial charge in [-0.25, -0.2) is 0 Å². The van der Waals surface area contributed by atoms with Gasteiger partial charge in [0.25, 0.3) is 0 Å². The van der Waals surface area contributed by atoms with Gasteiger partial charge in [-0.15, -0.1) is 0 Å². The fourth-order valence-electron chi connectivity index (χ4n) is 1.69. The molecule has 0 aliphatic heterocycles.